The van der Waals surface area contributed by atoms with Crippen LogP contribution in [0.25, 0.3) is 21.3 Å². The summed E-state index contributed by atoms with van der Waals surface area (Å²) in [7, 11) is 0. The molecule has 0 saturated carbocycles. The van der Waals surface area contributed by atoms with E-state index in [1.54, 1.807) is 18.3 Å². The lowest BCUT2D eigenvalue weighted by Gasteiger charge is -2.33. The van der Waals surface area contributed by atoms with Crippen LogP contribution >= 0.6 is 0 Å². The minimum atomic E-state index is -1.01. The van der Waals surface area contributed by atoms with Crippen molar-refractivity contribution in [1.29, 1.82) is 0 Å². The minimum Gasteiger partial charge on any atom is -0.361 e. The molecule has 1 saturated heterocycles. The molecule has 4 rings (SSSR count). The van der Waals surface area contributed by atoms with Gasteiger partial charge in [-0.1, -0.05) is 41.5 Å². The fraction of sp³-hybridized carbons (Fsp3) is 0.150. The predicted molar refractivity (Wildman–Crippen MR) is 105 cm³/mol. The van der Waals surface area contributed by atoms with Crippen LogP contribution in [0.4, 0.5) is 5.69 Å². The van der Waals surface area contributed by atoms with Gasteiger partial charge in [-0.05, 0) is 23.2 Å². The molecule has 1 unspecified atom stereocenters. The molecule has 2 heterocycles. The van der Waals surface area contributed by atoms with Crippen LogP contribution < -0.4 is 5.32 Å². The van der Waals surface area contributed by atoms with E-state index >= 15 is 0 Å². The number of fused-ring (bicyclic) bond motifs is 1. The number of para-hydroxylation sites is 1. The molecule has 9 heteroatoms. The zero-order valence-electron chi connectivity index (χ0n) is 15.2. The topological polar surface area (TPSA) is 131 Å². The van der Waals surface area contributed by atoms with Gasteiger partial charge in [-0.3, -0.25) is 19.3 Å². The largest absolute Gasteiger partial charge is 0.361 e. The van der Waals surface area contributed by atoms with E-state index < -0.39 is 23.8 Å². The fourth-order valence-corrected chi connectivity index (χ4v) is 3.52. The standard InChI is InChI=1S/C20H16N6O3/c21-25-24-16-8-4-2-6-14(16)20(29)26-17(19(28)23-11-18(26)27)9-12-10-22-15-7-3-1-5-13(12)15/h1-8,10,17,22H,9,11H2,(H,23,28). The molecule has 2 N–H and O–H groups in total. The third-order valence-corrected chi connectivity index (χ3v) is 4.89. The first-order valence-corrected chi connectivity index (χ1v) is 8.93. The van der Waals surface area contributed by atoms with E-state index in [1.165, 1.54) is 12.1 Å². The minimum absolute atomic E-state index is 0.0669. The van der Waals surface area contributed by atoms with Crippen molar-refractivity contribution >= 4 is 34.3 Å². The summed E-state index contributed by atoms with van der Waals surface area (Å²) < 4.78 is 0. The van der Waals surface area contributed by atoms with Crippen LogP contribution in [0.1, 0.15) is 15.9 Å². The predicted octanol–water partition coefficient (Wildman–Crippen LogP) is 2.82. The maximum absolute atomic E-state index is 13.2. The summed E-state index contributed by atoms with van der Waals surface area (Å²) >= 11 is 0. The first kappa shape index (κ1) is 18.3. The molecule has 1 aliphatic rings. The van der Waals surface area contributed by atoms with Gasteiger partial charge in [0.1, 0.15) is 6.04 Å². The van der Waals surface area contributed by atoms with Crippen molar-refractivity contribution in [3.8, 4) is 0 Å². The molecule has 1 aromatic heterocycles. The van der Waals surface area contributed by atoms with Crippen molar-refractivity contribution in [2.45, 2.75) is 12.5 Å². The second-order valence-corrected chi connectivity index (χ2v) is 6.57. The first-order valence-electron chi connectivity index (χ1n) is 8.93. The monoisotopic (exact) mass is 388 g/mol. The Kier molecular flexibility index (Phi) is 4.72. The molecule has 1 fully saturated rings. The average Bonchev–Trinajstić information content (AvgIpc) is 3.14. The van der Waals surface area contributed by atoms with Crippen molar-refractivity contribution in [3.63, 3.8) is 0 Å². The summed E-state index contributed by atoms with van der Waals surface area (Å²) in [5, 5.41) is 6.99. The van der Waals surface area contributed by atoms with Crippen LogP contribution in [0.3, 0.4) is 0 Å². The van der Waals surface area contributed by atoms with Crippen LogP contribution in [0.5, 0.6) is 0 Å². The van der Waals surface area contributed by atoms with Gasteiger partial charge in [0.25, 0.3) is 5.91 Å². The molecule has 3 aromatic rings. The van der Waals surface area contributed by atoms with E-state index in [2.05, 4.69) is 20.3 Å². The number of H-pyrrole nitrogens is 1. The lowest BCUT2D eigenvalue weighted by atomic mass is 10.00. The SMILES string of the molecule is [N-]=[N+]=Nc1ccccc1C(=O)N1C(=O)CNC(=O)C1Cc1c[nH]c2ccccc12. The first-order chi connectivity index (χ1) is 14.1. The number of nitrogens with zero attached hydrogens (tertiary/aromatic N) is 4. The number of aromatic amines is 1. The van der Waals surface area contributed by atoms with Crippen molar-refractivity contribution in [2.75, 3.05) is 6.54 Å². The summed E-state index contributed by atoms with van der Waals surface area (Å²) in [5.74, 6) is -1.60. The van der Waals surface area contributed by atoms with Gasteiger partial charge in [0.15, 0.2) is 0 Å². The summed E-state index contributed by atoms with van der Waals surface area (Å²) in [6.07, 6.45) is 1.94. The van der Waals surface area contributed by atoms with Gasteiger partial charge in [-0.25, -0.2) is 0 Å². The molecule has 9 nitrogen and oxygen atoms in total. The summed E-state index contributed by atoms with van der Waals surface area (Å²) in [6, 6.07) is 12.7. The Morgan fingerprint density at radius 1 is 1.17 bits per heavy atom. The Morgan fingerprint density at radius 2 is 1.93 bits per heavy atom. The van der Waals surface area contributed by atoms with Crippen molar-refractivity contribution < 1.29 is 14.4 Å². The quantitative estimate of drug-likeness (QED) is 0.308. The molecule has 1 atom stereocenters. The van der Waals surface area contributed by atoms with E-state index in [-0.39, 0.29) is 24.2 Å². The van der Waals surface area contributed by atoms with Gasteiger partial charge in [0, 0.05) is 34.0 Å². The highest BCUT2D eigenvalue weighted by molar-refractivity contribution is 6.12. The van der Waals surface area contributed by atoms with Gasteiger partial charge < -0.3 is 10.3 Å². The van der Waals surface area contributed by atoms with Gasteiger partial charge in [-0.15, -0.1) is 0 Å². The smallest absolute Gasteiger partial charge is 0.261 e. The highest BCUT2D eigenvalue weighted by Gasteiger charge is 2.39. The van der Waals surface area contributed by atoms with E-state index in [0.717, 1.165) is 21.4 Å². The summed E-state index contributed by atoms with van der Waals surface area (Å²) in [6.45, 7) is -0.265. The van der Waals surface area contributed by atoms with Crippen LogP contribution in [0.2, 0.25) is 0 Å². The van der Waals surface area contributed by atoms with Crippen LogP contribution in [-0.2, 0) is 16.0 Å². The maximum Gasteiger partial charge on any atom is 0.261 e. The number of piperazine rings is 1. The Labute approximate surface area is 164 Å². The number of aromatic nitrogens is 1. The molecule has 144 valence electrons. The number of hydrogen-bond acceptors (Lipinski definition) is 4. The molecule has 0 aliphatic carbocycles. The Balaban J connectivity index is 1.73. The normalized spacial score (nSPS) is 16.4. The van der Waals surface area contributed by atoms with Crippen molar-refractivity contribution in [1.82, 2.24) is 15.2 Å². The number of azide groups is 1. The van der Waals surface area contributed by atoms with Crippen LogP contribution in [0.15, 0.2) is 59.8 Å². The third kappa shape index (κ3) is 3.30. The molecular formula is C20H16N6O3. The zero-order chi connectivity index (χ0) is 20.4. The van der Waals surface area contributed by atoms with E-state index in [1.807, 2.05) is 24.3 Å². The Morgan fingerprint density at radius 3 is 2.76 bits per heavy atom. The molecule has 1 aliphatic heterocycles. The Bertz CT molecular complexity index is 1180. The second kappa shape index (κ2) is 7.49. The Hall–Kier alpha value is -4.10. The third-order valence-electron chi connectivity index (χ3n) is 4.89. The molecular weight excluding hydrogens is 372 g/mol. The van der Waals surface area contributed by atoms with E-state index in [4.69, 9.17) is 5.53 Å². The summed E-state index contributed by atoms with van der Waals surface area (Å²) in [4.78, 5) is 45.2. The number of carbonyl (C=O) groups excluding carboxylic acids is 3. The van der Waals surface area contributed by atoms with Crippen LogP contribution in [-0.4, -0.2) is 40.2 Å². The molecule has 0 bridgehead atoms. The number of benzene rings is 2. The van der Waals surface area contributed by atoms with E-state index in [9.17, 15) is 14.4 Å². The van der Waals surface area contributed by atoms with Gasteiger partial charge in [-0.2, -0.15) is 0 Å². The number of hydrogen-bond donors (Lipinski definition) is 2. The van der Waals surface area contributed by atoms with Crippen molar-refractivity contribution in [3.05, 3.63) is 76.3 Å². The van der Waals surface area contributed by atoms with Gasteiger partial charge >= 0.3 is 0 Å². The zero-order valence-corrected chi connectivity index (χ0v) is 15.2. The highest BCUT2D eigenvalue weighted by Crippen LogP contribution is 2.25. The number of nitrogens with one attached hydrogen (secondary N) is 2. The molecule has 0 spiro atoms. The highest BCUT2D eigenvalue weighted by atomic mass is 16.2. The number of carbonyl (C=O) groups is 3. The average molecular weight is 388 g/mol. The molecule has 3 amide bonds. The van der Waals surface area contributed by atoms with E-state index in [0.29, 0.717) is 0 Å². The lowest BCUT2D eigenvalue weighted by Crippen LogP contribution is -2.61. The number of imide groups is 1. The maximum atomic E-state index is 13.2. The summed E-state index contributed by atoms with van der Waals surface area (Å²) in [5.41, 5.74) is 10.6. The van der Waals surface area contributed by atoms with Crippen molar-refractivity contribution in [2.24, 2.45) is 5.11 Å². The van der Waals surface area contributed by atoms with Crippen LogP contribution in [0, 0.1) is 0 Å². The second-order valence-electron chi connectivity index (χ2n) is 6.57. The number of amides is 3. The van der Waals surface area contributed by atoms with Gasteiger partial charge in [0.05, 0.1) is 12.2 Å². The van der Waals surface area contributed by atoms with Gasteiger partial charge in [0.2, 0.25) is 11.8 Å². The number of rotatable bonds is 4. The lowest BCUT2D eigenvalue weighted by molar-refractivity contribution is -0.142. The molecule has 29 heavy (non-hydrogen) atoms. The fourth-order valence-electron chi connectivity index (χ4n) is 3.52. The molecule has 2 aromatic carbocycles. The molecule has 0 radical (unpaired) electrons.